The van der Waals surface area contributed by atoms with Crippen LogP contribution in [0.5, 0.6) is 0 Å². The molecule has 0 fully saturated rings. The Bertz CT molecular complexity index is 854. The van der Waals surface area contributed by atoms with Gasteiger partial charge < -0.3 is 9.73 Å². The predicted octanol–water partition coefficient (Wildman–Crippen LogP) is 3.56. The van der Waals surface area contributed by atoms with Crippen molar-refractivity contribution in [3.05, 3.63) is 52.4 Å². The Labute approximate surface area is 172 Å². The van der Waals surface area contributed by atoms with E-state index in [0.29, 0.717) is 12.2 Å². The number of furan rings is 1. The van der Waals surface area contributed by atoms with Crippen LogP contribution in [0.3, 0.4) is 0 Å². The molecule has 9 heteroatoms. The fourth-order valence-corrected chi connectivity index (χ4v) is 4.29. The van der Waals surface area contributed by atoms with Crippen LogP contribution >= 0.6 is 27.7 Å². The van der Waals surface area contributed by atoms with Gasteiger partial charge in [-0.3, -0.25) is 9.10 Å². The Balaban J connectivity index is 1.80. The van der Waals surface area contributed by atoms with Gasteiger partial charge in [0, 0.05) is 11.0 Å². The molecule has 0 radical (unpaired) electrons. The van der Waals surface area contributed by atoms with Crippen molar-refractivity contribution in [1.82, 2.24) is 5.32 Å². The molecule has 0 aliphatic carbocycles. The van der Waals surface area contributed by atoms with Gasteiger partial charge in [0.25, 0.3) is 0 Å². The molecule has 1 aromatic heterocycles. The summed E-state index contributed by atoms with van der Waals surface area (Å²) in [7, 11) is -3.56. The maximum Gasteiger partial charge on any atom is 0.240 e. The molecule has 1 N–H and O–H groups in total. The van der Waals surface area contributed by atoms with Crippen LogP contribution in [0.4, 0.5) is 5.69 Å². The van der Waals surface area contributed by atoms with Crippen LogP contribution in [0.25, 0.3) is 0 Å². The first kappa shape index (κ1) is 21.8. The number of aryl methyl sites for hydroxylation is 1. The number of sulfonamides is 1. The van der Waals surface area contributed by atoms with E-state index in [1.165, 1.54) is 0 Å². The fourth-order valence-electron chi connectivity index (χ4n) is 2.34. The van der Waals surface area contributed by atoms with Crippen molar-refractivity contribution in [1.29, 1.82) is 0 Å². The average molecular weight is 475 g/mol. The smallest absolute Gasteiger partial charge is 0.240 e. The minimum absolute atomic E-state index is 0.237. The van der Waals surface area contributed by atoms with Crippen LogP contribution in [0.2, 0.25) is 0 Å². The van der Waals surface area contributed by atoms with Gasteiger partial charge in [0.15, 0.2) is 0 Å². The molecule has 0 atom stereocenters. The van der Waals surface area contributed by atoms with E-state index in [0.717, 1.165) is 44.3 Å². The second kappa shape index (κ2) is 10.2. The summed E-state index contributed by atoms with van der Waals surface area (Å²) >= 11 is 5.12. The Morgan fingerprint density at radius 3 is 2.74 bits per heavy atom. The van der Waals surface area contributed by atoms with Gasteiger partial charge in [-0.2, -0.15) is 11.8 Å². The summed E-state index contributed by atoms with van der Waals surface area (Å²) in [6.45, 7) is 2.13. The lowest BCUT2D eigenvalue weighted by Crippen LogP contribution is -2.40. The summed E-state index contributed by atoms with van der Waals surface area (Å²) < 4.78 is 31.5. The molecular formula is C18H23BrN2O4S2. The minimum Gasteiger partial charge on any atom is -0.468 e. The Morgan fingerprint density at radius 1 is 1.33 bits per heavy atom. The molecule has 2 aromatic rings. The van der Waals surface area contributed by atoms with Gasteiger partial charge >= 0.3 is 0 Å². The van der Waals surface area contributed by atoms with Crippen LogP contribution in [-0.4, -0.2) is 39.4 Å². The molecule has 0 bridgehead atoms. The quantitative estimate of drug-likeness (QED) is 0.532. The highest BCUT2D eigenvalue weighted by Gasteiger charge is 2.21. The van der Waals surface area contributed by atoms with Gasteiger partial charge in [0.1, 0.15) is 12.3 Å². The molecular weight excluding hydrogens is 452 g/mol. The first-order valence-corrected chi connectivity index (χ1v) is 12.2. The summed E-state index contributed by atoms with van der Waals surface area (Å²) in [5.41, 5.74) is 1.37. The number of halogens is 1. The van der Waals surface area contributed by atoms with Crippen molar-refractivity contribution in [2.24, 2.45) is 0 Å². The normalized spacial score (nSPS) is 11.4. The second-order valence-electron chi connectivity index (χ2n) is 6.04. The standard InChI is InChI=1S/C18H23BrN2O4S2/c1-14-11-15(6-7-17(14)19)21(27(2,23)24)12-18(22)20-8-4-10-26-13-16-5-3-9-25-16/h3,5-7,9,11H,4,8,10,12-13H2,1-2H3,(H,20,22). The van der Waals surface area contributed by atoms with E-state index in [-0.39, 0.29) is 12.5 Å². The van der Waals surface area contributed by atoms with Crippen LogP contribution in [0.15, 0.2) is 45.5 Å². The number of hydrogen-bond acceptors (Lipinski definition) is 5. The molecule has 148 valence electrons. The number of amides is 1. The largest absolute Gasteiger partial charge is 0.468 e. The molecule has 0 unspecified atom stereocenters. The van der Waals surface area contributed by atoms with Crippen LogP contribution in [0, 0.1) is 6.92 Å². The van der Waals surface area contributed by atoms with E-state index >= 15 is 0 Å². The van der Waals surface area contributed by atoms with E-state index in [2.05, 4.69) is 21.2 Å². The van der Waals surface area contributed by atoms with Crippen molar-refractivity contribution in [3.8, 4) is 0 Å². The number of thioether (sulfide) groups is 1. The first-order valence-electron chi connectivity index (χ1n) is 8.38. The molecule has 0 saturated heterocycles. The maximum atomic E-state index is 12.2. The monoisotopic (exact) mass is 474 g/mol. The third kappa shape index (κ3) is 7.23. The predicted molar refractivity (Wildman–Crippen MR) is 114 cm³/mol. The van der Waals surface area contributed by atoms with Crippen LogP contribution in [0.1, 0.15) is 17.7 Å². The van der Waals surface area contributed by atoms with Gasteiger partial charge in [-0.25, -0.2) is 8.42 Å². The summed E-state index contributed by atoms with van der Waals surface area (Å²) in [4.78, 5) is 12.2. The van der Waals surface area contributed by atoms with Crippen molar-refractivity contribution in [3.63, 3.8) is 0 Å². The van der Waals surface area contributed by atoms with Gasteiger partial charge in [-0.05, 0) is 55.0 Å². The Morgan fingerprint density at radius 2 is 2.11 bits per heavy atom. The Kier molecular flexibility index (Phi) is 8.25. The highest BCUT2D eigenvalue weighted by molar-refractivity contribution is 9.10. The number of anilines is 1. The van der Waals surface area contributed by atoms with Crippen LogP contribution < -0.4 is 9.62 Å². The topological polar surface area (TPSA) is 79.6 Å². The molecule has 2 rings (SSSR count). The number of hydrogen-bond donors (Lipinski definition) is 1. The minimum atomic E-state index is -3.56. The first-order chi connectivity index (χ1) is 12.8. The van der Waals surface area contributed by atoms with Crippen molar-refractivity contribution < 1.29 is 17.6 Å². The highest BCUT2D eigenvalue weighted by Crippen LogP contribution is 2.24. The zero-order chi connectivity index (χ0) is 19.9. The molecule has 0 spiro atoms. The molecule has 0 saturated carbocycles. The van der Waals surface area contributed by atoms with E-state index in [9.17, 15) is 13.2 Å². The summed E-state index contributed by atoms with van der Waals surface area (Å²) in [6, 6.07) is 8.98. The summed E-state index contributed by atoms with van der Waals surface area (Å²) in [6.07, 6.45) is 3.55. The molecule has 0 aliphatic rings. The number of carbonyl (C=O) groups excluding carboxylic acids is 1. The summed E-state index contributed by atoms with van der Waals surface area (Å²) in [5.74, 6) is 2.28. The van der Waals surface area contributed by atoms with Gasteiger partial charge in [0.2, 0.25) is 15.9 Å². The van der Waals surface area contributed by atoms with E-state index in [1.807, 2.05) is 19.1 Å². The number of carbonyl (C=O) groups is 1. The van der Waals surface area contributed by atoms with Gasteiger partial charge in [-0.15, -0.1) is 0 Å². The van der Waals surface area contributed by atoms with Crippen LogP contribution in [-0.2, 0) is 20.6 Å². The number of nitrogens with one attached hydrogen (secondary N) is 1. The number of benzene rings is 1. The maximum absolute atomic E-state index is 12.2. The third-order valence-electron chi connectivity index (χ3n) is 3.73. The van der Waals surface area contributed by atoms with Crippen molar-refractivity contribution in [2.75, 3.05) is 29.4 Å². The van der Waals surface area contributed by atoms with Crippen molar-refractivity contribution >= 4 is 49.3 Å². The fraction of sp³-hybridized carbons (Fsp3) is 0.389. The lowest BCUT2D eigenvalue weighted by molar-refractivity contribution is -0.119. The lowest BCUT2D eigenvalue weighted by atomic mass is 10.2. The summed E-state index contributed by atoms with van der Waals surface area (Å²) in [5, 5.41) is 2.78. The van der Waals surface area contributed by atoms with Crippen molar-refractivity contribution in [2.45, 2.75) is 19.1 Å². The Hall–Kier alpha value is -1.45. The molecule has 1 amide bonds. The molecule has 1 aromatic carbocycles. The molecule has 27 heavy (non-hydrogen) atoms. The molecule has 1 heterocycles. The van der Waals surface area contributed by atoms with Gasteiger partial charge in [0.05, 0.1) is 24.0 Å². The second-order valence-corrected chi connectivity index (χ2v) is 9.90. The lowest BCUT2D eigenvalue weighted by Gasteiger charge is -2.22. The number of rotatable bonds is 10. The molecule has 0 aliphatic heterocycles. The molecule has 6 nitrogen and oxygen atoms in total. The third-order valence-corrected chi connectivity index (χ3v) is 6.83. The van der Waals surface area contributed by atoms with E-state index in [1.54, 1.807) is 36.2 Å². The highest BCUT2D eigenvalue weighted by atomic mass is 79.9. The SMILES string of the molecule is Cc1cc(N(CC(=O)NCCCSCc2ccco2)S(C)(=O)=O)ccc1Br. The van der Waals surface area contributed by atoms with E-state index in [4.69, 9.17) is 4.42 Å². The zero-order valence-electron chi connectivity index (χ0n) is 15.3. The van der Waals surface area contributed by atoms with Gasteiger partial charge in [-0.1, -0.05) is 15.9 Å². The van der Waals surface area contributed by atoms with E-state index < -0.39 is 10.0 Å². The average Bonchev–Trinajstić information content (AvgIpc) is 3.11. The number of nitrogens with zero attached hydrogens (tertiary/aromatic N) is 1. The zero-order valence-corrected chi connectivity index (χ0v) is 18.5.